The first kappa shape index (κ1) is 17.2. The fourth-order valence-corrected chi connectivity index (χ4v) is 3.57. The Labute approximate surface area is 148 Å². The molecule has 1 amide bonds. The van der Waals surface area contributed by atoms with E-state index in [-0.39, 0.29) is 11.8 Å². The van der Waals surface area contributed by atoms with Crippen LogP contribution >= 0.6 is 0 Å². The number of benzene rings is 2. The molecule has 0 unspecified atom stereocenters. The predicted molar refractivity (Wildman–Crippen MR) is 96.4 cm³/mol. The monoisotopic (exact) mass is 337 g/mol. The molecule has 1 N–H and O–H groups in total. The van der Waals surface area contributed by atoms with Crippen molar-refractivity contribution in [2.75, 3.05) is 13.1 Å². The molecule has 4 nitrogen and oxygen atoms in total. The summed E-state index contributed by atoms with van der Waals surface area (Å²) in [5.41, 5.74) is 3.31. The Morgan fingerprint density at radius 2 is 1.84 bits per heavy atom. The van der Waals surface area contributed by atoms with Crippen LogP contribution in [0, 0.1) is 12.8 Å². The minimum absolute atomic E-state index is 0.0335. The number of carbonyl (C=O) groups is 2. The summed E-state index contributed by atoms with van der Waals surface area (Å²) >= 11 is 0. The largest absolute Gasteiger partial charge is 0.481 e. The van der Waals surface area contributed by atoms with Crippen molar-refractivity contribution in [2.45, 2.75) is 25.7 Å². The standard InChI is InChI=1S/C21H23NO3/c1-15-6-5-7-16(12-15)10-11-20(23)22-13-18(19(14-22)21(24)25)17-8-3-2-4-9-17/h2-9,12,18-19H,10-11,13-14H2,1H3,(H,24,25)/t18-,19-/m0/s1. The van der Waals surface area contributed by atoms with Gasteiger partial charge in [-0.15, -0.1) is 0 Å². The van der Waals surface area contributed by atoms with E-state index in [0.29, 0.717) is 25.9 Å². The molecule has 0 aliphatic carbocycles. The van der Waals surface area contributed by atoms with E-state index >= 15 is 0 Å². The van der Waals surface area contributed by atoms with Crippen LogP contribution in [0.2, 0.25) is 0 Å². The van der Waals surface area contributed by atoms with Crippen molar-refractivity contribution in [3.63, 3.8) is 0 Å². The third kappa shape index (κ3) is 4.08. The molecule has 2 aromatic carbocycles. The zero-order valence-electron chi connectivity index (χ0n) is 14.4. The van der Waals surface area contributed by atoms with Gasteiger partial charge in [0.2, 0.25) is 5.91 Å². The van der Waals surface area contributed by atoms with Crippen LogP contribution in [0.25, 0.3) is 0 Å². The molecule has 0 spiro atoms. The molecule has 2 atom stereocenters. The van der Waals surface area contributed by atoms with E-state index < -0.39 is 11.9 Å². The zero-order chi connectivity index (χ0) is 17.8. The highest BCUT2D eigenvalue weighted by Gasteiger charge is 2.40. The Hall–Kier alpha value is -2.62. The second-order valence-electron chi connectivity index (χ2n) is 6.75. The molecule has 2 aromatic rings. The number of nitrogens with zero attached hydrogens (tertiary/aromatic N) is 1. The van der Waals surface area contributed by atoms with Crippen LogP contribution in [0.3, 0.4) is 0 Å². The second kappa shape index (κ2) is 7.51. The second-order valence-corrected chi connectivity index (χ2v) is 6.75. The van der Waals surface area contributed by atoms with Crippen molar-refractivity contribution in [3.8, 4) is 0 Å². The van der Waals surface area contributed by atoms with Gasteiger partial charge in [-0.3, -0.25) is 9.59 Å². The van der Waals surface area contributed by atoms with E-state index in [4.69, 9.17) is 0 Å². The molecule has 0 bridgehead atoms. The highest BCUT2D eigenvalue weighted by molar-refractivity contribution is 5.79. The maximum atomic E-state index is 12.6. The molecule has 1 heterocycles. The molecule has 1 fully saturated rings. The first-order chi connectivity index (χ1) is 12.0. The van der Waals surface area contributed by atoms with Crippen molar-refractivity contribution in [2.24, 2.45) is 5.92 Å². The van der Waals surface area contributed by atoms with Crippen molar-refractivity contribution in [1.82, 2.24) is 4.90 Å². The normalized spacial score (nSPS) is 19.8. The Morgan fingerprint density at radius 1 is 1.08 bits per heavy atom. The van der Waals surface area contributed by atoms with Crippen LogP contribution in [0.4, 0.5) is 0 Å². The highest BCUT2D eigenvalue weighted by atomic mass is 16.4. The van der Waals surface area contributed by atoms with E-state index in [1.54, 1.807) is 4.90 Å². The van der Waals surface area contributed by atoms with Crippen LogP contribution in [-0.2, 0) is 16.0 Å². The first-order valence-corrected chi connectivity index (χ1v) is 8.65. The summed E-state index contributed by atoms with van der Waals surface area (Å²) < 4.78 is 0. The van der Waals surface area contributed by atoms with Gasteiger partial charge in [0.15, 0.2) is 0 Å². The summed E-state index contributed by atoms with van der Waals surface area (Å²) in [7, 11) is 0. The number of carboxylic acids is 1. The lowest BCUT2D eigenvalue weighted by Crippen LogP contribution is -2.30. The lowest BCUT2D eigenvalue weighted by Gasteiger charge is -2.16. The van der Waals surface area contributed by atoms with E-state index in [1.165, 1.54) is 5.56 Å². The molecule has 130 valence electrons. The summed E-state index contributed by atoms with van der Waals surface area (Å²) in [4.78, 5) is 25.9. The SMILES string of the molecule is Cc1cccc(CCC(=O)N2C[C@H](C(=O)O)[C@H](c3ccccc3)C2)c1. The van der Waals surface area contributed by atoms with Crippen LogP contribution < -0.4 is 0 Å². The molecular formula is C21H23NO3. The van der Waals surface area contributed by atoms with Gasteiger partial charge in [0.05, 0.1) is 5.92 Å². The molecule has 1 saturated heterocycles. The molecule has 0 radical (unpaired) electrons. The van der Waals surface area contributed by atoms with E-state index in [1.807, 2.05) is 55.5 Å². The Morgan fingerprint density at radius 3 is 2.52 bits per heavy atom. The Balaban J connectivity index is 1.66. The minimum atomic E-state index is -0.831. The number of hydrogen-bond donors (Lipinski definition) is 1. The topological polar surface area (TPSA) is 57.6 Å². The number of amides is 1. The lowest BCUT2D eigenvalue weighted by molar-refractivity contribution is -0.141. The van der Waals surface area contributed by atoms with Gasteiger partial charge in [-0.05, 0) is 24.5 Å². The Bertz CT molecular complexity index is 757. The van der Waals surface area contributed by atoms with Crippen LogP contribution in [0.1, 0.15) is 29.0 Å². The molecule has 0 saturated carbocycles. The number of carboxylic acid groups (broad SMARTS) is 1. The van der Waals surface area contributed by atoms with Crippen molar-refractivity contribution in [3.05, 3.63) is 71.3 Å². The van der Waals surface area contributed by atoms with Crippen molar-refractivity contribution in [1.29, 1.82) is 0 Å². The molecule has 1 aliphatic rings. The summed E-state index contributed by atoms with van der Waals surface area (Å²) in [6.45, 7) is 2.81. The smallest absolute Gasteiger partial charge is 0.308 e. The van der Waals surface area contributed by atoms with Gasteiger partial charge in [-0.1, -0.05) is 60.2 Å². The number of aliphatic carboxylic acids is 1. The summed E-state index contributed by atoms with van der Waals surface area (Å²) in [5.74, 6) is -1.47. The fraction of sp³-hybridized carbons (Fsp3) is 0.333. The van der Waals surface area contributed by atoms with E-state index in [9.17, 15) is 14.7 Å². The summed E-state index contributed by atoms with van der Waals surface area (Å²) in [5, 5.41) is 9.55. The highest BCUT2D eigenvalue weighted by Crippen LogP contribution is 2.33. The van der Waals surface area contributed by atoms with Gasteiger partial charge < -0.3 is 10.0 Å². The average molecular weight is 337 g/mol. The van der Waals surface area contributed by atoms with Crippen LogP contribution in [0.15, 0.2) is 54.6 Å². The third-order valence-electron chi connectivity index (χ3n) is 4.93. The fourth-order valence-electron chi connectivity index (χ4n) is 3.57. The number of rotatable bonds is 5. The molecule has 0 aromatic heterocycles. The van der Waals surface area contributed by atoms with E-state index in [0.717, 1.165) is 11.1 Å². The van der Waals surface area contributed by atoms with Crippen LogP contribution in [0.5, 0.6) is 0 Å². The van der Waals surface area contributed by atoms with Crippen molar-refractivity contribution < 1.29 is 14.7 Å². The third-order valence-corrected chi connectivity index (χ3v) is 4.93. The van der Waals surface area contributed by atoms with Gasteiger partial charge >= 0.3 is 5.97 Å². The van der Waals surface area contributed by atoms with Gasteiger partial charge in [0.25, 0.3) is 0 Å². The van der Waals surface area contributed by atoms with Gasteiger partial charge in [-0.2, -0.15) is 0 Å². The summed E-state index contributed by atoms with van der Waals surface area (Å²) in [6, 6.07) is 17.8. The maximum Gasteiger partial charge on any atom is 0.308 e. The quantitative estimate of drug-likeness (QED) is 0.911. The molecule has 4 heteroatoms. The van der Waals surface area contributed by atoms with Gasteiger partial charge in [-0.25, -0.2) is 0 Å². The predicted octanol–water partition coefficient (Wildman–Crippen LogP) is 3.25. The number of hydrogen-bond acceptors (Lipinski definition) is 2. The minimum Gasteiger partial charge on any atom is -0.481 e. The zero-order valence-corrected chi connectivity index (χ0v) is 14.4. The van der Waals surface area contributed by atoms with Crippen molar-refractivity contribution >= 4 is 11.9 Å². The molecule has 25 heavy (non-hydrogen) atoms. The number of likely N-dealkylation sites (tertiary alicyclic amines) is 1. The Kier molecular flexibility index (Phi) is 5.17. The maximum absolute atomic E-state index is 12.6. The molecule has 3 rings (SSSR count). The number of aryl methyl sites for hydroxylation is 2. The van der Waals surface area contributed by atoms with E-state index in [2.05, 4.69) is 6.07 Å². The average Bonchev–Trinajstić information content (AvgIpc) is 3.06. The molecular weight excluding hydrogens is 314 g/mol. The summed E-state index contributed by atoms with van der Waals surface area (Å²) in [6.07, 6.45) is 1.10. The number of carbonyl (C=O) groups excluding carboxylic acids is 1. The molecule has 1 aliphatic heterocycles. The first-order valence-electron chi connectivity index (χ1n) is 8.65. The van der Waals surface area contributed by atoms with Gasteiger partial charge in [0.1, 0.15) is 0 Å². The van der Waals surface area contributed by atoms with Gasteiger partial charge in [0, 0.05) is 25.4 Å². The lowest BCUT2D eigenvalue weighted by atomic mass is 9.89. The van der Waals surface area contributed by atoms with Crippen LogP contribution in [-0.4, -0.2) is 35.0 Å².